The Bertz CT molecular complexity index is 1050. The lowest BCUT2D eigenvalue weighted by Crippen LogP contribution is -2.35. The molecule has 2 aliphatic carbocycles. The van der Waals surface area contributed by atoms with E-state index in [0.29, 0.717) is 43.4 Å². The predicted octanol–water partition coefficient (Wildman–Crippen LogP) is 3.42. The molecule has 0 aliphatic heterocycles. The number of amides is 1. The van der Waals surface area contributed by atoms with Crippen LogP contribution >= 0.6 is 0 Å². The van der Waals surface area contributed by atoms with Crippen LogP contribution in [0.4, 0.5) is 0 Å². The molecular formula is C23H34N4O3S. The zero-order valence-electron chi connectivity index (χ0n) is 18.9. The number of rotatable bonds is 11. The third-order valence-corrected chi connectivity index (χ3v) is 8.53. The van der Waals surface area contributed by atoms with E-state index in [4.69, 9.17) is 4.98 Å². The van der Waals surface area contributed by atoms with E-state index in [1.807, 2.05) is 19.9 Å². The van der Waals surface area contributed by atoms with Crippen molar-refractivity contribution in [1.82, 2.24) is 18.8 Å². The zero-order valence-corrected chi connectivity index (χ0v) is 19.7. The van der Waals surface area contributed by atoms with Crippen molar-refractivity contribution in [2.45, 2.75) is 76.8 Å². The Morgan fingerprint density at radius 3 is 2.42 bits per heavy atom. The van der Waals surface area contributed by atoms with Gasteiger partial charge in [0.2, 0.25) is 15.9 Å². The smallest absolute Gasteiger partial charge is 0.243 e. The largest absolute Gasteiger partial charge is 0.339 e. The normalized spacial score (nSPS) is 16.9. The van der Waals surface area contributed by atoms with Crippen LogP contribution in [0, 0.1) is 5.92 Å². The first-order valence-electron chi connectivity index (χ1n) is 11.7. The Hall–Kier alpha value is -1.93. The van der Waals surface area contributed by atoms with Gasteiger partial charge < -0.3 is 9.47 Å². The van der Waals surface area contributed by atoms with E-state index in [1.54, 1.807) is 12.1 Å². The summed E-state index contributed by atoms with van der Waals surface area (Å²) < 4.78 is 29.3. The number of carbonyl (C=O) groups excluding carboxylic acids is 1. The van der Waals surface area contributed by atoms with E-state index < -0.39 is 10.0 Å². The Balaban J connectivity index is 1.54. The van der Waals surface area contributed by atoms with Gasteiger partial charge in [0.15, 0.2) is 0 Å². The van der Waals surface area contributed by atoms with Crippen LogP contribution in [-0.4, -0.2) is 58.8 Å². The average molecular weight is 447 g/mol. The molecule has 2 aromatic rings. The lowest BCUT2D eigenvalue weighted by molar-refractivity contribution is -0.132. The standard InChI is InChI=1S/C23H34N4O3S/c1-4-25(5-2)31(29,30)19-11-12-21-20(15-19)24-22(26(21)6-3)13-14-23(28)27(18-9-10-18)16-17-7-8-17/h11-12,15,17-18H,4-10,13-14,16H2,1-3H3. The summed E-state index contributed by atoms with van der Waals surface area (Å²) >= 11 is 0. The molecule has 7 nitrogen and oxygen atoms in total. The lowest BCUT2D eigenvalue weighted by atomic mass is 10.2. The maximum atomic E-state index is 12.9. The molecule has 1 aromatic heterocycles. The van der Waals surface area contributed by atoms with Gasteiger partial charge in [0.1, 0.15) is 5.82 Å². The van der Waals surface area contributed by atoms with Crippen LogP contribution in [0.5, 0.6) is 0 Å². The molecule has 2 aliphatic rings. The van der Waals surface area contributed by atoms with Crippen molar-refractivity contribution in [3.05, 3.63) is 24.0 Å². The van der Waals surface area contributed by atoms with Crippen molar-refractivity contribution >= 4 is 27.0 Å². The third-order valence-electron chi connectivity index (χ3n) is 6.48. The molecule has 0 N–H and O–H groups in total. The van der Waals surface area contributed by atoms with Gasteiger partial charge in [-0.1, -0.05) is 13.8 Å². The average Bonchev–Trinajstić information content (AvgIpc) is 3.67. The third kappa shape index (κ3) is 4.65. The summed E-state index contributed by atoms with van der Waals surface area (Å²) in [7, 11) is -3.52. The number of imidazole rings is 1. The van der Waals surface area contributed by atoms with Crippen LogP contribution in [0.25, 0.3) is 11.0 Å². The Morgan fingerprint density at radius 2 is 1.84 bits per heavy atom. The number of sulfonamides is 1. The Kier molecular flexibility index (Phi) is 6.40. The molecule has 4 rings (SSSR count). The van der Waals surface area contributed by atoms with E-state index in [2.05, 4.69) is 16.4 Å². The van der Waals surface area contributed by atoms with Crippen molar-refractivity contribution in [3.63, 3.8) is 0 Å². The van der Waals surface area contributed by atoms with Gasteiger partial charge in [-0.3, -0.25) is 4.79 Å². The minimum absolute atomic E-state index is 0.230. The van der Waals surface area contributed by atoms with E-state index in [0.717, 1.165) is 37.3 Å². The second-order valence-corrected chi connectivity index (χ2v) is 10.7. The van der Waals surface area contributed by atoms with Crippen LogP contribution < -0.4 is 0 Å². The summed E-state index contributed by atoms with van der Waals surface area (Å²) in [4.78, 5) is 20.0. The van der Waals surface area contributed by atoms with Gasteiger partial charge >= 0.3 is 0 Å². The second-order valence-electron chi connectivity index (χ2n) is 8.73. The molecule has 1 aromatic carbocycles. The molecule has 1 amide bonds. The van der Waals surface area contributed by atoms with Crippen LogP contribution in [0.3, 0.4) is 0 Å². The fraction of sp³-hybridized carbons (Fsp3) is 0.652. The van der Waals surface area contributed by atoms with Crippen molar-refractivity contribution in [2.24, 2.45) is 5.92 Å². The van der Waals surface area contributed by atoms with Gasteiger partial charge in [-0.15, -0.1) is 0 Å². The maximum Gasteiger partial charge on any atom is 0.243 e. The highest BCUT2D eigenvalue weighted by Gasteiger charge is 2.36. The molecule has 31 heavy (non-hydrogen) atoms. The van der Waals surface area contributed by atoms with E-state index in [-0.39, 0.29) is 10.8 Å². The number of hydrogen-bond donors (Lipinski definition) is 0. The van der Waals surface area contributed by atoms with Gasteiger partial charge in [0.05, 0.1) is 15.9 Å². The maximum absolute atomic E-state index is 12.9. The Morgan fingerprint density at radius 1 is 1.13 bits per heavy atom. The number of aromatic nitrogens is 2. The SMILES string of the molecule is CCN(CC)S(=O)(=O)c1ccc2c(c1)nc(CCC(=O)N(CC1CC1)C1CC1)n2CC. The number of aryl methyl sites for hydroxylation is 2. The summed E-state index contributed by atoms with van der Waals surface area (Å²) in [6.07, 6.45) is 5.80. The van der Waals surface area contributed by atoms with Crippen LogP contribution in [0.15, 0.2) is 23.1 Å². The van der Waals surface area contributed by atoms with Crippen molar-refractivity contribution < 1.29 is 13.2 Å². The van der Waals surface area contributed by atoms with Gasteiger partial charge in [-0.25, -0.2) is 13.4 Å². The first kappa shape index (κ1) is 22.3. The summed E-state index contributed by atoms with van der Waals surface area (Å²) in [6.45, 7) is 8.26. The summed E-state index contributed by atoms with van der Waals surface area (Å²) in [5.74, 6) is 1.79. The number of hydrogen-bond acceptors (Lipinski definition) is 4. The van der Waals surface area contributed by atoms with Crippen molar-refractivity contribution in [3.8, 4) is 0 Å². The number of carbonyl (C=O) groups is 1. The fourth-order valence-electron chi connectivity index (χ4n) is 4.36. The lowest BCUT2D eigenvalue weighted by Gasteiger charge is -2.22. The van der Waals surface area contributed by atoms with Gasteiger partial charge in [-0.05, 0) is 56.7 Å². The van der Waals surface area contributed by atoms with E-state index >= 15 is 0 Å². The molecule has 2 saturated carbocycles. The predicted molar refractivity (Wildman–Crippen MR) is 121 cm³/mol. The highest BCUT2D eigenvalue weighted by molar-refractivity contribution is 7.89. The molecule has 0 radical (unpaired) electrons. The van der Waals surface area contributed by atoms with Gasteiger partial charge in [0, 0.05) is 45.1 Å². The highest BCUT2D eigenvalue weighted by atomic mass is 32.2. The van der Waals surface area contributed by atoms with Crippen molar-refractivity contribution in [2.75, 3.05) is 19.6 Å². The highest BCUT2D eigenvalue weighted by Crippen LogP contribution is 2.35. The van der Waals surface area contributed by atoms with Gasteiger partial charge in [-0.2, -0.15) is 4.31 Å². The molecule has 0 bridgehead atoms. The quantitative estimate of drug-likeness (QED) is 0.530. The molecular weight excluding hydrogens is 412 g/mol. The molecule has 0 atom stereocenters. The number of benzene rings is 1. The summed E-state index contributed by atoms with van der Waals surface area (Å²) in [5.41, 5.74) is 1.59. The Labute approximate surface area is 185 Å². The summed E-state index contributed by atoms with van der Waals surface area (Å²) in [5, 5.41) is 0. The molecule has 2 fully saturated rings. The minimum atomic E-state index is -3.52. The first-order chi connectivity index (χ1) is 14.9. The number of fused-ring (bicyclic) bond motifs is 1. The van der Waals surface area contributed by atoms with Crippen LogP contribution in [-0.2, 0) is 27.8 Å². The van der Waals surface area contributed by atoms with Crippen LogP contribution in [0.2, 0.25) is 0 Å². The van der Waals surface area contributed by atoms with Gasteiger partial charge in [0.25, 0.3) is 0 Å². The fourth-order valence-corrected chi connectivity index (χ4v) is 5.84. The molecule has 1 heterocycles. The molecule has 0 unspecified atom stereocenters. The summed E-state index contributed by atoms with van der Waals surface area (Å²) in [6, 6.07) is 5.63. The minimum Gasteiger partial charge on any atom is -0.339 e. The monoisotopic (exact) mass is 446 g/mol. The van der Waals surface area contributed by atoms with E-state index in [9.17, 15) is 13.2 Å². The second kappa shape index (κ2) is 8.90. The number of nitrogens with zero attached hydrogens (tertiary/aromatic N) is 4. The molecule has 170 valence electrons. The zero-order chi connectivity index (χ0) is 22.2. The first-order valence-corrected chi connectivity index (χ1v) is 13.1. The molecule has 0 saturated heterocycles. The van der Waals surface area contributed by atoms with Crippen molar-refractivity contribution in [1.29, 1.82) is 0 Å². The van der Waals surface area contributed by atoms with E-state index in [1.165, 1.54) is 17.1 Å². The molecule has 0 spiro atoms. The molecule has 8 heteroatoms. The van der Waals surface area contributed by atoms with Crippen LogP contribution in [0.1, 0.15) is 58.7 Å². The topological polar surface area (TPSA) is 75.5 Å².